The predicted molar refractivity (Wildman–Crippen MR) is 144 cm³/mol. The number of anilines is 2. The Morgan fingerprint density at radius 3 is 2.33 bits per heavy atom. The molecule has 2 N–H and O–H groups in total. The number of benzene rings is 2. The molecule has 0 saturated carbocycles. The number of fused-ring (bicyclic) bond motifs is 1. The van der Waals surface area contributed by atoms with Crippen molar-refractivity contribution in [2.24, 2.45) is 7.05 Å². The van der Waals surface area contributed by atoms with Crippen LogP contribution in [0.25, 0.3) is 22.2 Å². The van der Waals surface area contributed by atoms with Gasteiger partial charge in [0.15, 0.2) is 6.10 Å². The van der Waals surface area contributed by atoms with Crippen LogP contribution in [0.3, 0.4) is 0 Å². The van der Waals surface area contributed by atoms with Crippen molar-refractivity contribution in [1.82, 2.24) is 14.5 Å². The number of pyridine rings is 1. The largest absolute Gasteiger partial charge is 0.479 e. The number of hydrogen-bond acceptors (Lipinski definition) is 5. The smallest absolute Gasteiger partial charge is 0.337 e. The molecule has 0 saturated heterocycles. The second-order valence-corrected chi connectivity index (χ2v) is 10.3. The number of aromatic nitrogens is 3. The van der Waals surface area contributed by atoms with Gasteiger partial charge in [-0.2, -0.15) is 0 Å². The first-order valence-electron chi connectivity index (χ1n) is 12.0. The van der Waals surface area contributed by atoms with Crippen LogP contribution in [-0.4, -0.2) is 31.2 Å². The maximum absolute atomic E-state index is 12.6. The van der Waals surface area contributed by atoms with E-state index >= 15 is 0 Å². The number of rotatable bonds is 6. The highest BCUT2D eigenvalue weighted by Gasteiger charge is 2.33. The fourth-order valence-electron chi connectivity index (χ4n) is 4.48. The SMILES string of the molecule is Cc1ccc(-c2c(C)nc(Nc3nc4ccccc4n3C)c(C)c2C(OC(C)(C)C)C(=O)O)cc1C. The molecule has 1 unspecified atom stereocenters. The zero-order valence-corrected chi connectivity index (χ0v) is 22.2. The molecular formula is C29H34N4O3. The van der Waals surface area contributed by atoms with Gasteiger partial charge in [0.05, 0.1) is 16.6 Å². The third-order valence-electron chi connectivity index (χ3n) is 6.44. The number of nitrogens with zero attached hydrogens (tertiary/aromatic N) is 3. The number of aliphatic carboxylic acids is 1. The number of para-hydroxylation sites is 2. The minimum absolute atomic E-state index is 0.553. The van der Waals surface area contributed by atoms with Crippen molar-refractivity contribution < 1.29 is 14.6 Å². The first-order chi connectivity index (χ1) is 16.9. The van der Waals surface area contributed by atoms with E-state index in [1.807, 2.05) is 76.6 Å². The summed E-state index contributed by atoms with van der Waals surface area (Å²) in [4.78, 5) is 22.2. The number of carboxylic acid groups (broad SMARTS) is 1. The van der Waals surface area contributed by atoms with E-state index in [1.165, 1.54) is 5.56 Å². The highest BCUT2D eigenvalue weighted by atomic mass is 16.5. The molecule has 7 heteroatoms. The quantitative estimate of drug-likeness (QED) is 0.321. The molecule has 1 atom stereocenters. The second kappa shape index (κ2) is 9.39. The van der Waals surface area contributed by atoms with Crippen molar-refractivity contribution in [1.29, 1.82) is 0 Å². The highest BCUT2D eigenvalue weighted by molar-refractivity contribution is 5.85. The van der Waals surface area contributed by atoms with Crippen molar-refractivity contribution in [3.63, 3.8) is 0 Å². The molecule has 188 valence electrons. The molecule has 0 amide bonds. The molecule has 0 aliphatic heterocycles. The first-order valence-corrected chi connectivity index (χ1v) is 12.0. The number of imidazole rings is 1. The minimum Gasteiger partial charge on any atom is -0.479 e. The molecule has 4 aromatic rings. The standard InChI is InChI=1S/C29H34N4O3/c1-16-13-14-20(15-17(16)2)24-19(4)30-26(18(3)23(24)25(27(34)35)36-29(5,6)7)32-28-31-21-11-9-10-12-22(21)33(28)8/h9-15,25H,1-8H3,(H,34,35)(H,30,31,32). The van der Waals surface area contributed by atoms with Gasteiger partial charge in [-0.05, 0) is 82.9 Å². The summed E-state index contributed by atoms with van der Waals surface area (Å²) in [7, 11) is 1.94. The lowest BCUT2D eigenvalue weighted by Crippen LogP contribution is -2.28. The average molecular weight is 487 g/mol. The van der Waals surface area contributed by atoms with Crippen molar-refractivity contribution in [3.05, 3.63) is 70.4 Å². The van der Waals surface area contributed by atoms with Gasteiger partial charge in [-0.25, -0.2) is 14.8 Å². The van der Waals surface area contributed by atoms with Crippen LogP contribution in [0.4, 0.5) is 11.8 Å². The van der Waals surface area contributed by atoms with Crippen LogP contribution in [0.5, 0.6) is 0 Å². The lowest BCUT2D eigenvalue weighted by Gasteiger charge is -2.29. The topological polar surface area (TPSA) is 89.3 Å². The molecule has 0 bridgehead atoms. The Labute approximate surface area is 212 Å². The molecule has 0 radical (unpaired) electrons. The van der Waals surface area contributed by atoms with Crippen molar-refractivity contribution in [3.8, 4) is 11.1 Å². The van der Waals surface area contributed by atoms with E-state index in [0.29, 0.717) is 28.6 Å². The summed E-state index contributed by atoms with van der Waals surface area (Å²) in [5.41, 5.74) is 7.18. The van der Waals surface area contributed by atoms with Gasteiger partial charge in [0.2, 0.25) is 5.95 Å². The van der Waals surface area contributed by atoms with E-state index in [2.05, 4.69) is 31.3 Å². The molecule has 2 aromatic carbocycles. The van der Waals surface area contributed by atoms with Crippen LogP contribution in [0.1, 0.15) is 54.8 Å². The van der Waals surface area contributed by atoms with Crippen molar-refractivity contribution in [2.45, 2.75) is 60.2 Å². The summed E-state index contributed by atoms with van der Waals surface area (Å²) in [5, 5.41) is 13.7. The Morgan fingerprint density at radius 1 is 1.03 bits per heavy atom. The van der Waals surface area contributed by atoms with Gasteiger partial charge in [-0.15, -0.1) is 0 Å². The Bertz CT molecular complexity index is 1460. The first kappa shape index (κ1) is 25.4. The molecule has 2 heterocycles. The molecule has 0 spiro atoms. The second-order valence-electron chi connectivity index (χ2n) is 10.3. The van der Waals surface area contributed by atoms with E-state index in [-0.39, 0.29) is 0 Å². The summed E-state index contributed by atoms with van der Waals surface area (Å²) in [6.45, 7) is 13.5. The fraction of sp³-hybridized carbons (Fsp3) is 0.345. The summed E-state index contributed by atoms with van der Waals surface area (Å²) >= 11 is 0. The molecule has 36 heavy (non-hydrogen) atoms. The Hall–Kier alpha value is -3.71. The van der Waals surface area contributed by atoms with Crippen molar-refractivity contribution in [2.75, 3.05) is 5.32 Å². The van der Waals surface area contributed by atoms with Crippen LogP contribution in [0.15, 0.2) is 42.5 Å². The number of carboxylic acids is 1. The Kier molecular flexibility index (Phi) is 6.62. The van der Waals surface area contributed by atoms with E-state index in [0.717, 1.165) is 27.7 Å². The van der Waals surface area contributed by atoms with Gasteiger partial charge in [-0.3, -0.25) is 0 Å². The van der Waals surface area contributed by atoms with Crippen LogP contribution in [-0.2, 0) is 16.6 Å². The lowest BCUT2D eigenvalue weighted by atomic mass is 9.89. The van der Waals surface area contributed by atoms with Crippen molar-refractivity contribution >= 4 is 28.8 Å². The lowest BCUT2D eigenvalue weighted by molar-refractivity contribution is -0.160. The van der Waals surface area contributed by atoms with Gasteiger partial charge >= 0.3 is 5.97 Å². The summed E-state index contributed by atoms with van der Waals surface area (Å²) in [6.07, 6.45) is -1.18. The van der Waals surface area contributed by atoms with E-state index < -0.39 is 17.7 Å². The fourth-order valence-corrected chi connectivity index (χ4v) is 4.48. The Balaban J connectivity index is 1.95. The molecule has 0 aliphatic rings. The molecule has 0 aliphatic carbocycles. The third-order valence-corrected chi connectivity index (χ3v) is 6.44. The molecule has 7 nitrogen and oxygen atoms in total. The van der Waals surface area contributed by atoms with E-state index in [4.69, 9.17) is 14.7 Å². The number of nitrogens with one attached hydrogen (secondary N) is 1. The number of carbonyl (C=O) groups is 1. The number of aryl methyl sites for hydroxylation is 4. The monoisotopic (exact) mass is 486 g/mol. The normalized spacial score (nSPS) is 12.7. The number of hydrogen-bond donors (Lipinski definition) is 2. The van der Waals surface area contributed by atoms with Gasteiger partial charge in [0.1, 0.15) is 5.82 Å². The van der Waals surface area contributed by atoms with Crippen LogP contribution in [0.2, 0.25) is 0 Å². The zero-order chi connectivity index (χ0) is 26.4. The van der Waals surface area contributed by atoms with E-state index in [1.54, 1.807) is 0 Å². The number of ether oxygens (including phenoxy) is 1. The molecule has 4 rings (SSSR count). The van der Waals surface area contributed by atoms with Crippen LogP contribution < -0.4 is 5.32 Å². The highest BCUT2D eigenvalue weighted by Crippen LogP contribution is 2.40. The summed E-state index contributed by atoms with van der Waals surface area (Å²) < 4.78 is 8.10. The summed E-state index contributed by atoms with van der Waals surface area (Å²) in [6, 6.07) is 14.0. The Morgan fingerprint density at radius 2 is 1.72 bits per heavy atom. The molecule has 0 fully saturated rings. The molecule has 2 aromatic heterocycles. The average Bonchev–Trinajstić information content (AvgIpc) is 3.11. The third kappa shape index (κ3) is 4.84. The van der Waals surface area contributed by atoms with Gasteiger partial charge in [0, 0.05) is 23.9 Å². The van der Waals surface area contributed by atoms with Crippen LogP contribution >= 0.6 is 0 Å². The maximum atomic E-state index is 12.6. The zero-order valence-electron chi connectivity index (χ0n) is 22.2. The maximum Gasteiger partial charge on any atom is 0.337 e. The molecular weight excluding hydrogens is 452 g/mol. The van der Waals surface area contributed by atoms with Crippen LogP contribution in [0, 0.1) is 27.7 Å². The predicted octanol–water partition coefficient (Wildman–Crippen LogP) is 6.55. The van der Waals surface area contributed by atoms with Gasteiger partial charge in [0.25, 0.3) is 0 Å². The minimum atomic E-state index is -1.18. The van der Waals surface area contributed by atoms with E-state index in [9.17, 15) is 9.90 Å². The van der Waals surface area contributed by atoms with Gasteiger partial charge in [-0.1, -0.05) is 30.3 Å². The van der Waals surface area contributed by atoms with Gasteiger partial charge < -0.3 is 19.7 Å². The summed E-state index contributed by atoms with van der Waals surface area (Å²) in [5.74, 6) is 0.134.